The molecule has 1 atom stereocenters. The molecule has 0 spiro atoms. The van der Waals surface area contributed by atoms with E-state index < -0.39 is 17.9 Å². The van der Waals surface area contributed by atoms with Crippen molar-refractivity contribution in [1.82, 2.24) is 4.57 Å². The van der Waals surface area contributed by atoms with E-state index in [1.165, 1.54) is 4.57 Å². The molecule has 0 saturated carbocycles. The number of methoxy groups -OCH3 is 1. The van der Waals surface area contributed by atoms with E-state index in [-0.39, 0.29) is 18.1 Å². The van der Waals surface area contributed by atoms with Gasteiger partial charge in [-0.2, -0.15) is 0 Å². The maximum Gasteiger partial charge on any atom is 0.310 e. The quantitative estimate of drug-likeness (QED) is 0.181. The minimum absolute atomic E-state index is 0.0972. The Labute approximate surface area is 259 Å². The van der Waals surface area contributed by atoms with Crippen molar-refractivity contribution in [3.05, 3.63) is 136 Å². The average Bonchev–Trinajstić information content (AvgIpc) is 3.30. The van der Waals surface area contributed by atoms with Gasteiger partial charge in [0.25, 0.3) is 5.91 Å². The summed E-state index contributed by atoms with van der Waals surface area (Å²) in [4.78, 5) is 47.5. The van der Waals surface area contributed by atoms with Crippen LogP contribution in [-0.2, 0) is 16.0 Å². The molecule has 4 aromatic carbocycles. The van der Waals surface area contributed by atoms with Crippen LogP contribution in [0.2, 0.25) is 5.02 Å². The fourth-order valence-corrected chi connectivity index (χ4v) is 4.92. The van der Waals surface area contributed by atoms with E-state index in [1.54, 1.807) is 112 Å². The second-order valence-corrected chi connectivity index (χ2v) is 10.5. The van der Waals surface area contributed by atoms with E-state index in [0.717, 1.165) is 0 Å². The predicted molar refractivity (Wildman–Crippen MR) is 168 cm³/mol. The average molecular weight is 612 g/mol. The lowest BCUT2D eigenvalue weighted by molar-refractivity contribution is -0.138. The molecule has 1 unspecified atom stereocenters. The van der Waals surface area contributed by atoms with Crippen molar-refractivity contribution < 1.29 is 34.1 Å². The molecule has 0 aliphatic carbocycles. The summed E-state index contributed by atoms with van der Waals surface area (Å²) in [6.45, 7) is 3.35. The van der Waals surface area contributed by atoms with Crippen LogP contribution in [-0.4, -0.2) is 45.5 Å². The minimum atomic E-state index is -0.955. The predicted octanol–water partition coefficient (Wildman–Crippen LogP) is 7.03. The van der Waals surface area contributed by atoms with E-state index in [0.29, 0.717) is 55.2 Å². The molecule has 0 radical (unpaired) electrons. The molecule has 5 rings (SSSR count). The molecule has 0 aliphatic heterocycles. The van der Waals surface area contributed by atoms with Crippen LogP contribution in [0.1, 0.15) is 55.9 Å². The van der Waals surface area contributed by atoms with E-state index >= 15 is 0 Å². The second kappa shape index (κ2) is 13.8. The maximum absolute atomic E-state index is 13.0. The highest BCUT2D eigenvalue weighted by atomic mass is 35.5. The van der Waals surface area contributed by atoms with Crippen molar-refractivity contribution in [2.45, 2.75) is 26.2 Å². The standard InChI is InChI=1S/C19H16ClNO4.C16H14O3/c1-11-15(10-18(22)23)16-9-14(25-2)7-8-17(16)21(11)19(24)12-3-5-13(20)6-4-12;1-11(16(18)19)13-8-5-9-14(10-13)15(17)12-6-3-2-4-7-12/h3-9H,10H2,1-2H3,(H,22,23);2-11H,1H3,(H,18,19). The second-order valence-electron chi connectivity index (χ2n) is 10.0. The zero-order valence-corrected chi connectivity index (χ0v) is 25.0. The van der Waals surface area contributed by atoms with E-state index in [9.17, 15) is 24.3 Å². The van der Waals surface area contributed by atoms with E-state index in [4.69, 9.17) is 21.4 Å². The summed E-state index contributed by atoms with van der Waals surface area (Å²) in [6.07, 6.45) is -0.170. The fraction of sp³-hybridized carbons (Fsp3) is 0.143. The van der Waals surface area contributed by atoms with Crippen LogP contribution in [0.15, 0.2) is 97.1 Å². The Hall–Kier alpha value is -5.21. The van der Waals surface area contributed by atoms with Crippen molar-refractivity contribution in [2.24, 2.45) is 0 Å². The Bertz CT molecular complexity index is 1840. The first-order valence-corrected chi connectivity index (χ1v) is 14.0. The highest BCUT2D eigenvalue weighted by Gasteiger charge is 2.22. The molecule has 0 amide bonds. The highest BCUT2D eigenvalue weighted by Crippen LogP contribution is 2.31. The van der Waals surface area contributed by atoms with Gasteiger partial charge in [0.15, 0.2) is 5.78 Å². The van der Waals surface area contributed by atoms with Crippen LogP contribution < -0.4 is 4.74 Å². The number of aromatic nitrogens is 1. The van der Waals surface area contributed by atoms with Crippen LogP contribution in [0.3, 0.4) is 0 Å². The summed E-state index contributed by atoms with van der Waals surface area (Å²) in [6, 6.07) is 27.6. The zero-order chi connectivity index (χ0) is 32.0. The number of rotatable bonds is 8. The van der Waals surface area contributed by atoms with E-state index in [1.807, 2.05) is 6.07 Å². The molecule has 8 nitrogen and oxygen atoms in total. The number of carbonyl (C=O) groups is 4. The van der Waals surface area contributed by atoms with Gasteiger partial charge in [-0.25, -0.2) is 0 Å². The van der Waals surface area contributed by atoms with Crippen LogP contribution >= 0.6 is 11.6 Å². The lowest BCUT2D eigenvalue weighted by atomic mass is 9.96. The Kier molecular flexibility index (Phi) is 9.98. The number of benzene rings is 4. The number of hydrogen-bond donors (Lipinski definition) is 2. The van der Waals surface area contributed by atoms with Crippen LogP contribution in [0, 0.1) is 6.92 Å². The molecule has 0 aliphatic rings. The largest absolute Gasteiger partial charge is 0.497 e. The highest BCUT2D eigenvalue weighted by molar-refractivity contribution is 6.30. The van der Waals surface area contributed by atoms with Gasteiger partial charge in [0.1, 0.15) is 5.75 Å². The molecule has 0 bridgehead atoms. The molecule has 44 heavy (non-hydrogen) atoms. The van der Waals surface area contributed by atoms with E-state index in [2.05, 4.69) is 0 Å². The van der Waals surface area contributed by atoms with Crippen LogP contribution in [0.4, 0.5) is 0 Å². The van der Waals surface area contributed by atoms with Crippen LogP contribution in [0.25, 0.3) is 10.9 Å². The number of ether oxygens (including phenoxy) is 1. The zero-order valence-electron chi connectivity index (χ0n) is 24.3. The first kappa shape index (κ1) is 31.7. The van der Waals surface area contributed by atoms with Crippen molar-refractivity contribution >= 4 is 46.1 Å². The van der Waals surface area contributed by atoms with Crippen molar-refractivity contribution in [3.8, 4) is 5.75 Å². The molecule has 1 aromatic heterocycles. The number of carbonyl (C=O) groups excluding carboxylic acids is 2. The van der Waals surface area contributed by atoms with Gasteiger partial charge in [0.05, 0.1) is 25.0 Å². The number of nitrogens with zero attached hydrogens (tertiary/aromatic N) is 1. The molecule has 5 aromatic rings. The van der Waals surface area contributed by atoms with Gasteiger partial charge in [-0.1, -0.05) is 60.1 Å². The van der Waals surface area contributed by atoms with Crippen molar-refractivity contribution in [1.29, 1.82) is 0 Å². The summed E-state index contributed by atoms with van der Waals surface area (Å²) in [5.74, 6) is -2.20. The van der Waals surface area contributed by atoms with Gasteiger partial charge in [0, 0.05) is 32.8 Å². The first-order chi connectivity index (χ1) is 21.0. The fourth-order valence-electron chi connectivity index (χ4n) is 4.80. The monoisotopic (exact) mass is 611 g/mol. The molecular weight excluding hydrogens is 582 g/mol. The number of aliphatic carboxylic acids is 2. The van der Waals surface area contributed by atoms with Gasteiger partial charge in [0.2, 0.25) is 0 Å². The van der Waals surface area contributed by atoms with Gasteiger partial charge < -0.3 is 14.9 Å². The topological polar surface area (TPSA) is 123 Å². The molecule has 1 heterocycles. The molecule has 0 fully saturated rings. The number of carboxylic acid groups (broad SMARTS) is 2. The molecule has 9 heteroatoms. The third-order valence-electron chi connectivity index (χ3n) is 7.22. The number of hydrogen-bond acceptors (Lipinski definition) is 5. The Balaban J connectivity index is 0.000000209. The summed E-state index contributed by atoms with van der Waals surface area (Å²) in [5, 5.41) is 19.5. The summed E-state index contributed by atoms with van der Waals surface area (Å²) in [7, 11) is 1.54. The maximum atomic E-state index is 13.0. The van der Waals surface area contributed by atoms with Gasteiger partial charge in [-0.05, 0) is 73.5 Å². The van der Waals surface area contributed by atoms with Crippen molar-refractivity contribution in [3.63, 3.8) is 0 Å². The third-order valence-corrected chi connectivity index (χ3v) is 7.47. The van der Waals surface area contributed by atoms with Gasteiger partial charge in [-0.15, -0.1) is 0 Å². The number of fused-ring (bicyclic) bond motifs is 1. The SMILES string of the molecule is CC(C(=O)O)c1cccc(C(=O)c2ccccc2)c1.COc1ccc2c(c1)c(CC(=O)O)c(C)n2C(=O)c1ccc(Cl)cc1. The Morgan fingerprint density at radius 2 is 1.48 bits per heavy atom. The van der Waals surface area contributed by atoms with Crippen molar-refractivity contribution in [2.75, 3.05) is 7.11 Å². The Morgan fingerprint density at radius 1 is 0.818 bits per heavy atom. The summed E-state index contributed by atoms with van der Waals surface area (Å²) < 4.78 is 6.77. The minimum Gasteiger partial charge on any atom is -0.497 e. The third kappa shape index (κ3) is 7.04. The smallest absolute Gasteiger partial charge is 0.310 e. The van der Waals surface area contributed by atoms with Crippen LogP contribution in [0.5, 0.6) is 5.75 Å². The lowest BCUT2D eigenvalue weighted by Crippen LogP contribution is -2.14. The Morgan fingerprint density at radius 3 is 2.09 bits per heavy atom. The normalized spacial score (nSPS) is 11.3. The molecular formula is C35H30ClNO7. The molecule has 224 valence electrons. The summed E-state index contributed by atoms with van der Waals surface area (Å²) >= 11 is 5.89. The first-order valence-electron chi connectivity index (χ1n) is 13.6. The molecule has 2 N–H and O–H groups in total. The summed E-state index contributed by atoms with van der Waals surface area (Å²) in [5.41, 5.74) is 4.07. The van der Waals surface area contributed by atoms with Gasteiger partial charge >= 0.3 is 11.9 Å². The molecule has 0 saturated heterocycles. The number of halogens is 1. The van der Waals surface area contributed by atoms with Gasteiger partial charge in [-0.3, -0.25) is 23.7 Å². The number of carboxylic acids is 2. The lowest BCUT2D eigenvalue weighted by Gasteiger charge is -2.08. The number of ketones is 1.